The summed E-state index contributed by atoms with van der Waals surface area (Å²) in [6.07, 6.45) is 8.16. The molecular formula is C21H22N2O. The van der Waals surface area contributed by atoms with Gasteiger partial charge in [0.05, 0.1) is 6.10 Å². The highest BCUT2D eigenvalue weighted by Gasteiger charge is 2.21. The Morgan fingerprint density at radius 1 is 0.917 bits per heavy atom. The lowest BCUT2D eigenvalue weighted by Crippen LogP contribution is -2.31. The van der Waals surface area contributed by atoms with Gasteiger partial charge in [0, 0.05) is 29.4 Å². The summed E-state index contributed by atoms with van der Waals surface area (Å²) < 4.78 is 6.42. The first-order valence-corrected chi connectivity index (χ1v) is 8.65. The van der Waals surface area contributed by atoms with Gasteiger partial charge < -0.3 is 10.5 Å². The van der Waals surface area contributed by atoms with Crippen molar-refractivity contribution in [2.45, 2.75) is 37.8 Å². The van der Waals surface area contributed by atoms with Gasteiger partial charge in [0.25, 0.3) is 0 Å². The molecule has 0 atom stereocenters. The average molecular weight is 318 g/mol. The van der Waals surface area contributed by atoms with Gasteiger partial charge >= 0.3 is 0 Å². The van der Waals surface area contributed by atoms with Crippen LogP contribution in [0.15, 0.2) is 60.9 Å². The molecule has 0 unspecified atom stereocenters. The normalized spacial score (nSPS) is 20.9. The zero-order valence-corrected chi connectivity index (χ0v) is 13.7. The third-order valence-corrected chi connectivity index (χ3v) is 4.86. The molecular weight excluding hydrogens is 296 g/mol. The fourth-order valence-electron chi connectivity index (χ4n) is 3.54. The second kappa shape index (κ2) is 6.62. The third kappa shape index (κ3) is 3.00. The van der Waals surface area contributed by atoms with Crippen LogP contribution in [0.2, 0.25) is 0 Å². The summed E-state index contributed by atoms with van der Waals surface area (Å²) in [7, 11) is 0. The molecule has 0 bridgehead atoms. The Hall–Kier alpha value is -2.39. The number of pyridine rings is 1. The largest absolute Gasteiger partial charge is 0.490 e. The van der Waals surface area contributed by atoms with Crippen LogP contribution >= 0.6 is 0 Å². The maximum Gasteiger partial charge on any atom is 0.128 e. The topological polar surface area (TPSA) is 48.1 Å². The number of ether oxygens (including phenoxy) is 1. The molecule has 1 heterocycles. The van der Waals surface area contributed by atoms with Crippen LogP contribution in [0.3, 0.4) is 0 Å². The van der Waals surface area contributed by atoms with Gasteiger partial charge in [-0.3, -0.25) is 4.98 Å². The fourth-order valence-corrected chi connectivity index (χ4v) is 3.54. The molecule has 3 nitrogen and oxygen atoms in total. The lowest BCUT2D eigenvalue weighted by atomic mass is 9.93. The highest BCUT2D eigenvalue weighted by molar-refractivity contribution is 5.99. The molecule has 1 aromatic heterocycles. The van der Waals surface area contributed by atoms with Crippen LogP contribution in [0.25, 0.3) is 21.9 Å². The number of benzene rings is 2. The SMILES string of the molecule is NC1CCC(Oc2ccc3cnccc3c2-c2ccccc2)CC1. The van der Waals surface area contributed by atoms with E-state index in [0.717, 1.165) is 42.4 Å². The molecule has 1 fully saturated rings. The second-order valence-electron chi connectivity index (χ2n) is 6.56. The minimum absolute atomic E-state index is 0.256. The van der Waals surface area contributed by atoms with Crippen molar-refractivity contribution >= 4 is 10.8 Å². The highest BCUT2D eigenvalue weighted by Crippen LogP contribution is 2.38. The van der Waals surface area contributed by atoms with Gasteiger partial charge in [-0.15, -0.1) is 0 Å². The predicted octanol–water partition coefficient (Wildman–Crippen LogP) is 4.55. The predicted molar refractivity (Wildman–Crippen MR) is 98.0 cm³/mol. The van der Waals surface area contributed by atoms with E-state index in [1.807, 2.05) is 18.5 Å². The van der Waals surface area contributed by atoms with Crippen LogP contribution in [-0.4, -0.2) is 17.1 Å². The molecule has 0 radical (unpaired) electrons. The number of hydrogen-bond donors (Lipinski definition) is 1. The van der Waals surface area contributed by atoms with Crippen molar-refractivity contribution in [1.29, 1.82) is 0 Å². The first-order chi connectivity index (χ1) is 11.8. The molecule has 0 aliphatic heterocycles. The zero-order valence-electron chi connectivity index (χ0n) is 13.7. The van der Waals surface area contributed by atoms with Gasteiger partial charge in [-0.2, -0.15) is 0 Å². The molecule has 0 spiro atoms. The summed E-state index contributed by atoms with van der Waals surface area (Å²) in [4.78, 5) is 4.25. The monoisotopic (exact) mass is 318 g/mol. The van der Waals surface area contributed by atoms with E-state index in [-0.39, 0.29) is 6.10 Å². The Labute approximate surface area is 142 Å². The van der Waals surface area contributed by atoms with Gasteiger partial charge in [-0.05, 0) is 54.8 Å². The molecule has 2 aromatic carbocycles. The summed E-state index contributed by atoms with van der Waals surface area (Å²) in [5.41, 5.74) is 8.36. The number of nitrogens with two attached hydrogens (primary N) is 1. The Kier molecular flexibility index (Phi) is 4.18. The van der Waals surface area contributed by atoms with Gasteiger partial charge in [0.1, 0.15) is 5.75 Å². The molecule has 0 saturated heterocycles. The average Bonchev–Trinajstić information content (AvgIpc) is 2.64. The van der Waals surface area contributed by atoms with E-state index in [4.69, 9.17) is 10.5 Å². The van der Waals surface area contributed by atoms with Gasteiger partial charge in [-0.1, -0.05) is 30.3 Å². The fraction of sp³-hybridized carbons (Fsp3) is 0.286. The maximum absolute atomic E-state index is 6.42. The molecule has 2 N–H and O–H groups in total. The van der Waals surface area contributed by atoms with Crippen molar-refractivity contribution in [3.63, 3.8) is 0 Å². The van der Waals surface area contributed by atoms with Crippen molar-refractivity contribution in [2.75, 3.05) is 0 Å². The molecule has 0 amide bonds. The van der Waals surface area contributed by atoms with Crippen molar-refractivity contribution in [3.05, 3.63) is 60.9 Å². The molecule has 3 heteroatoms. The Morgan fingerprint density at radius 2 is 1.71 bits per heavy atom. The summed E-state index contributed by atoms with van der Waals surface area (Å²) in [6.45, 7) is 0. The van der Waals surface area contributed by atoms with Crippen LogP contribution in [0.1, 0.15) is 25.7 Å². The van der Waals surface area contributed by atoms with Crippen LogP contribution < -0.4 is 10.5 Å². The molecule has 24 heavy (non-hydrogen) atoms. The Morgan fingerprint density at radius 3 is 2.50 bits per heavy atom. The van der Waals surface area contributed by atoms with Crippen LogP contribution in [0.5, 0.6) is 5.75 Å². The molecule has 4 rings (SSSR count). The summed E-state index contributed by atoms with van der Waals surface area (Å²) in [6, 6.07) is 17.0. The summed E-state index contributed by atoms with van der Waals surface area (Å²) in [5, 5.41) is 2.32. The summed E-state index contributed by atoms with van der Waals surface area (Å²) in [5.74, 6) is 0.959. The van der Waals surface area contributed by atoms with E-state index in [9.17, 15) is 0 Å². The number of aromatic nitrogens is 1. The minimum Gasteiger partial charge on any atom is -0.490 e. The van der Waals surface area contributed by atoms with E-state index >= 15 is 0 Å². The lowest BCUT2D eigenvalue weighted by molar-refractivity contribution is 0.148. The summed E-state index contributed by atoms with van der Waals surface area (Å²) >= 11 is 0. The minimum atomic E-state index is 0.256. The highest BCUT2D eigenvalue weighted by atomic mass is 16.5. The van der Waals surface area contributed by atoms with Gasteiger partial charge in [0.15, 0.2) is 0 Å². The molecule has 1 aliphatic rings. The van der Waals surface area contributed by atoms with Gasteiger partial charge in [0.2, 0.25) is 0 Å². The van der Waals surface area contributed by atoms with E-state index in [1.54, 1.807) is 0 Å². The standard InChI is InChI=1S/C21H22N2O/c22-17-7-9-18(10-8-17)24-20-11-6-16-14-23-13-12-19(16)21(20)15-4-2-1-3-5-15/h1-6,11-14,17-18H,7-10,22H2. The van der Waals surface area contributed by atoms with Crippen molar-refractivity contribution in [1.82, 2.24) is 4.98 Å². The molecule has 3 aromatic rings. The van der Waals surface area contributed by atoms with E-state index in [2.05, 4.69) is 47.4 Å². The zero-order chi connectivity index (χ0) is 16.4. The Bertz CT molecular complexity index is 824. The lowest BCUT2D eigenvalue weighted by Gasteiger charge is -2.28. The first-order valence-electron chi connectivity index (χ1n) is 8.65. The third-order valence-electron chi connectivity index (χ3n) is 4.86. The molecule has 122 valence electrons. The smallest absolute Gasteiger partial charge is 0.128 e. The molecule has 1 saturated carbocycles. The van der Waals surface area contributed by atoms with Crippen molar-refractivity contribution < 1.29 is 4.74 Å². The van der Waals surface area contributed by atoms with Crippen molar-refractivity contribution in [2.24, 2.45) is 5.73 Å². The number of hydrogen-bond acceptors (Lipinski definition) is 3. The number of rotatable bonds is 3. The van der Waals surface area contributed by atoms with Gasteiger partial charge in [-0.25, -0.2) is 0 Å². The van der Waals surface area contributed by atoms with E-state index in [1.165, 1.54) is 10.9 Å². The molecule has 1 aliphatic carbocycles. The first kappa shape index (κ1) is 15.2. The van der Waals surface area contributed by atoms with Crippen LogP contribution in [-0.2, 0) is 0 Å². The Balaban J connectivity index is 1.77. The maximum atomic E-state index is 6.42. The number of nitrogens with zero attached hydrogens (tertiary/aromatic N) is 1. The number of fused-ring (bicyclic) bond motifs is 1. The van der Waals surface area contributed by atoms with E-state index < -0.39 is 0 Å². The van der Waals surface area contributed by atoms with Crippen molar-refractivity contribution in [3.8, 4) is 16.9 Å². The quantitative estimate of drug-likeness (QED) is 0.770. The van der Waals surface area contributed by atoms with Crippen LogP contribution in [0, 0.1) is 0 Å². The second-order valence-corrected chi connectivity index (χ2v) is 6.56. The van der Waals surface area contributed by atoms with Crippen LogP contribution in [0.4, 0.5) is 0 Å². The van der Waals surface area contributed by atoms with E-state index in [0.29, 0.717) is 6.04 Å².